The molecule has 1 fully saturated rings. The fourth-order valence-corrected chi connectivity index (χ4v) is 2.33. The minimum absolute atomic E-state index is 0.892. The van der Waals surface area contributed by atoms with Gasteiger partial charge in [-0.2, -0.15) is 0 Å². The topological polar surface area (TPSA) is 18.5 Å². The SMILES string of the molecule is CNCC1CCN(CCCCN(C)C)C1. The minimum Gasteiger partial charge on any atom is -0.319 e. The molecule has 0 radical (unpaired) electrons. The van der Waals surface area contributed by atoms with Crippen LogP contribution in [0.1, 0.15) is 19.3 Å². The number of nitrogens with one attached hydrogen (secondary N) is 1. The van der Waals surface area contributed by atoms with Crippen molar-refractivity contribution < 1.29 is 0 Å². The molecule has 1 unspecified atom stereocenters. The molecule has 3 nitrogen and oxygen atoms in total. The molecular weight excluding hydrogens is 186 g/mol. The third-order valence-corrected chi connectivity index (χ3v) is 3.19. The first-order valence-corrected chi connectivity index (χ1v) is 6.24. The van der Waals surface area contributed by atoms with Gasteiger partial charge in [0.15, 0.2) is 0 Å². The van der Waals surface area contributed by atoms with E-state index in [0.29, 0.717) is 0 Å². The van der Waals surface area contributed by atoms with Crippen LogP contribution in [0.15, 0.2) is 0 Å². The van der Waals surface area contributed by atoms with E-state index in [-0.39, 0.29) is 0 Å². The molecule has 0 saturated carbocycles. The van der Waals surface area contributed by atoms with Crippen LogP contribution in [0.25, 0.3) is 0 Å². The largest absolute Gasteiger partial charge is 0.319 e. The zero-order chi connectivity index (χ0) is 11.1. The van der Waals surface area contributed by atoms with Crippen LogP contribution >= 0.6 is 0 Å². The molecule has 0 aromatic heterocycles. The highest BCUT2D eigenvalue weighted by atomic mass is 15.1. The van der Waals surface area contributed by atoms with Crippen LogP contribution in [0.3, 0.4) is 0 Å². The maximum atomic E-state index is 3.28. The zero-order valence-electron chi connectivity index (χ0n) is 10.6. The Morgan fingerprint density at radius 3 is 2.80 bits per heavy atom. The van der Waals surface area contributed by atoms with Gasteiger partial charge in [0.1, 0.15) is 0 Å². The van der Waals surface area contributed by atoms with E-state index in [4.69, 9.17) is 0 Å². The summed E-state index contributed by atoms with van der Waals surface area (Å²) >= 11 is 0. The van der Waals surface area contributed by atoms with Gasteiger partial charge in [-0.15, -0.1) is 0 Å². The highest BCUT2D eigenvalue weighted by Crippen LogP contribution is 2.15. The monoisotopic (exact) mass is 213 g/mol. The second kappa shape index (κ2) is 7.20. The Hall–Kier alpha value is -0.120. The maximum absolute atomic E-state index is 3.28. The Bertz CT molecular complexity index is 159. The Kier molecular flexibility index (Phi) is 6.22. The van der Waals surface area contributed by atoms with Gasteiger partial charge in [-0.1, -0.05) is 0 Å². The molecular formula is C12H27N3. The van der Waals surface area contributed by atoms with Crippen molar-refractivity contribution in [2.75, 3.05) is 53.9 Å². The molecule has 0 amide bonds. The molecule has 0 aromatic carbocycles. The number of hydrogen-bond donors (Lipinski definition) is 1. The number of unbranched alkanes of at least 4 members (excludes halogenated alkanes) is 1. The normalized spacial score (nSPS) is 22.8. The average molecular weight is 213 g/mol. The van der Waals surface area contributed by atoms with Gasteiger partial charge in [0, 0.05) is 6.54 Å². The molecule has 0 aliphatic carbocycles. The summed E-state index contributed by atoms with van der Waals surface area (Å²) in [5.41, 5.74) is 0. The van der Waals surface area contributed by atoms with Gasteiger partial charge in [0.25, 0.3) is 0 Å². The predicted molar refractivity (Wildman–Crippen MR) is 66.3 cm³/mol. The molecule has 1 aliphatic heterocycles. The van der Waals surface area contributed by atoms with Crippen molar-refractivity contribution in [3.63, 3.8) is 0 Å². The van der Waals surface area contributed by atoms with Gasteiger partial charge in [0.05, 0.1) is 0 Å². The van der Waals surface area contributed by atoms with E-state index in [1.807, 2.05) is 0 Å². The third-order valence-electron chi connectivity index (χ3n) is 3.19. The second-order valence-corrected chi connectivity index (χ2v) is 5.02. The highest BCUT2D eigenvalue weighted by molar-refractivity contribution is 4.76. The second-order valence-electron chi connectivity index (χ2n) is 5.02. The summed E-state index contributed by atoms with van der Waals surface area (Å²) in [4.78, 5) is 4.89. The minimum atomic E-state index is 0.892. The van der Waals surface area contributed by atoms with Crippen LogP contribution in [-0.2, 0) is 0 Å². The van der Waals surface area contributed by atoms with Gasteiger partial charge < -0.3 is 15.1 Å². The molecule has 1 atom stereocenters. The third kappa shape index (κ3) is 5.50. The smallest absolute Gasteiger partial charge is 0.00223 e. The van der Waals surface area contributed by atoms with E-state index in [1.165, 1.54) is 52.0 Å². The van der Waals surface area contributed by atoms with E-state index >= 15 is 0 Å². The van der Waals surface area contributed by atoms with Crippen molar-refractivity contribution >= 4 is 0 Å². The summed E-state index contributed by atoms with van der Waals surface area (Å²) in [5.74, 6) is 0.892. The molecule has 0 spiro atoms. The molecule has 90 valence electrons. The molecule has 0 bridgehead atoms. The molecule has 1 saturated heterocycles. The highest BCUT2D eigenvalue weighted by Gasteiger charge is 2.20. The van der Waals surface area contributed by atoms with Crippen molar-refractivity contribution in [1.82, 2.24) is 15.1 Å². The van der Waals surface area contributed by atoms with Crippen LogP contribution in [0.2, 0.25) is 0 Å². The van der Waals surface area contributed by atoms with E-state index in [9.17, 15) is 0 Å². The number of likely N-dealkylation sites (tertiary alicyclic amines) is 1. The lowest BCUT2D eigenvalue weighted by Gasteiger charge is -2.16. The van der Waals surface area contributed by atoms with E-state index in [2.05, 4.69) is 36.3 Å². The van der Waals surface area contributed by atoms with Crippen LogP contribution in [-0.4, -0.2) is 63.7 Å². The summed E-state index contributed by atoms with van der Waals surface area (Å²) in [6.45, 7) is 6.34. The van der Waals surface area contributed by atoms with E-state index in [1.54, 1.807) is 0 Å². The van der Waals surface area contributed by atoms with Crippen molar-refractivity contribution in [2.24, 2.45) is 5.92 Å². The summed E-state index contributed by atoms with van der Waals surface area (Å²) in [5, 5.41) is 3.28. The Labute approximate surface area is 94.8 Å². The zero-order valence-corrected chi connectivity index (χ0v) is 10.6. The van der Waals surface area contributed by atoms with Crippen molar-refractivity contribution in [1.29, 1.82) is 0 Å². The van der Waals surface area contributed by atoms with Crippen LogP contribution in [0.5, 0.6) is 0 Å². The molecule has 15 heavy (non-hydrogen) atoms. The fraction of sp³-hybridized carbons (Fsp3) is 1.00. The lowest BCUT2D eigenvalue weighted by molar-refractivity contribution is 0.303. The predicted octanol–water partition coefficient (Wildman–Crippen LogP) is 0.870. The molecule has 1 heterocycles. The standard InChI is InChI=1S/C12H27N3/c1-13-10-12-6-9-15(11-12)8-5-4-7-14(2)3/h12-13H,4-11H2,1-3H3. The molecule has 1 N–H and O–H groups in total. The Balaban J connectivity index is 1.99. The lowest BCUT2D eigenvalue weighted by Crippen LogP contribution is -2.26. The van der Waals surface area contributed by atoms with E-state index < -0.39 is 0 Å². The van der Waals surface area contributed by atoms with Gasteiger partial charge in [-0.3, -0.25) is 0 Å². The number of rotatable bonds is 7. The van der Waals surface area contributed by atoms with Crippen LogP contribution in [0, 0.1) is 5.92 Å². The molecule has 3 heteroatoms. The van der Waals surface area contributed by atoms with Crippen LogP contribution in [0.4, 0.5) is 0 Å². The molecule has 1 rings (SSSR count). The lowest BCUT2D eigenvalue weighted by atomic mass is 10.1. The summed E-state index contributed by atoms with van der Waals surface area (Å²) in [6.07, 6.45) is 4.07. The quantitative estimate of drug-likeness (QED) is 0.633. The molecule has 0 aromatic rings. The summed E-state index contributed by atoms with van der Waals surface area (Å²) in [7, 11) is 6.36. The Morgan fingerprint density at radius 2 is 2.13 bits per heavy atom. The number of nitrogens with zero attached hydrogens (tertiary/aromatic N) is 2. The van der Waals surface area contributed by atoms with Gasteiger partial charge in [-0.05, 0) is 72.5 Å². The first kappa shape index (κ1) is 12.9. The van der Waals surface area contributed by atoms with Gasteiger partial charge in [-0.25, -0.2) is 0 Å². The first-order chi connectivity index (χ1) is 7.22. The van der Waals surface area contributed by atoms with Gasteiger partial charge in [0.2, 0.25) is 0 Å². The van der Waals surface area contributed by atoms with Crippen LogP contribution < -0.4 is 5.32 Å². The van der Waals surface area contributed by atoms with Crippen molar-refractivity contribution in [3.05, 3.63) is 0 Å². The molecule has 1 aliphatic rings. The average Bonchev–Trinajstić information content (AvgIpc) is 2.61. The summed E-state index contributed by atoms with van der Waals surface area (Å²) in [6, 6.07) is 0. The van der Waals surface area contributed by atoms with E-state index in [0.717, 1.165) is 5.92 Å². The van der Waals surface area contributed by atoms with Crippen molar-refractivity contribution in [2.45, 2.75) is 19.3 Å². The Morgan fingerprint density at radius 1 is 1.33 bits per heavy atom. The fourth-order valence-electron chi connectivity index (χ4n) is 2.33. The first-order valence-electron chi connectivity index (χ1n) is 6.24. The summed E-state index contributed by atoms with van der Waals surface area (Å²) < 4.78 is 0. The maximum Gasteiger partial charge on any atom is 0.00223 e. The van der Waals surface area contributed by atoms with Gasteiger partial charge >= 0.3 is 0 Å². The van der Waals surface area contributed by atoms with Crippen molar-refractivity contribution in [3.8, 4) is 0 Å². The number of hydrogen-bond acceptors (Lipinski definition) is 3.